The number of rotatable bonds is 2. The summed E-state index contributed by atoms with van der Waals surface area (Å²) in [5, 5.41) is 0.479. The summed E-state index contributed by atoms with van der Waals surface area (Å²) >= 11 is 3.35. The summed E-state index contributed by atoms with van der Waals surface area (Å²) < 4.78 is 1.91. The molecule has 0 bridgehead atoms. The summed E-state index contributed by atoms with van der Waals surface area (Å²) in [5.74, 6) is 0.885. The predicted octanol–water partition coefficient (Wildman–Crippen LogP) is 2.35. The summed E-state index contributed by atoms with van der Waals surface area (Å²) in [7, 11) is 0. The van der Waals surface area contributed by atoms with Crippen molar-refractivity contribution in [1.82, 2.24) is 4.31 Å². The molecule has 1 fully saturated rings. The van der Waals surface area contributed by atoms with Crippen LogP contribution in [-0.4, -0.2) is 26.1 Å². The third-order valence-corrected chi connectivity index (χ3v) is 4.27. The molecule has 12 heavy (non-hydrogen) atoms. The van der Waals surface area contributed by atoms with Crippen LogP contribution in [-0.2, 0) is 4.79 Å². The van der Waals surface area contributed by atoms with Crippen molar-refractivity contribution < 1.29 is 4.79 Å². The number of thioether (sulfide) groups is 1. The third kappa shape index (κ3) is 2.10. The number of nitrogens with zero attached hydrogens (tertiary/aromatic N) is 1. The first-order chi connectivity index (χ1) is 5.43. The van der Waals surface area contributed by atoms with E-state index >= 15 is 0 Å². The van der Waals surface area contributed by atoms with Crippen LogP contribution in [0.25, 0.3) is 0 Å². The Morgan fingerprint density at radius 3 is 2.50 bits per heavy atom. The maximum absolute atomic E-state index is 11.4. The second-order valence-electron chi connectivity index (χ2n) is 3.58. The van der Waals surface area contributed by atoms with Crippen LogP contribution in [0.2, 0.25) is 0 Å². The van der Waals surface area contributed by atoms with Gasteiger partial charge >= 0.3 is 0 Å². The zero-order chi connectivity index (χ0) is 9.35. The first-order valence-electron chi connectivity index (χ1n) is 4.07. The first kappa shape index (κ1) is 10.3. The van der Waals surface area contributed by atoms with Gasteiger partial charge in [-0.25, -0.2) is 0 Å². The Labute approximate surface area is 82.6 Å². The van der Waals surface area contributed by atoms with Crippen LogP contribution in [0.3, 0.4) is 0 Å². The van der Waals surface area contributed by atoms with Crippen molar-refractivity contribution in [3.05, 3.63) is 0 Å². The fourth-order valence-electron chi connectivity index (χ4n) is 1.05. The molecule has 0 saturated carbocycles. The van der Waals surface area contributed by atoms with Crippen LogP contribution in [0.4, 0.5) is 0 Å². The van der Waals surface area contributed by atoms with Crippen molar-refractivity contribution in [2.24, 2.45) is 0 Å². The minimum atomic E-state index is -0.0218. The molecule has 0 aromatic carbocycles. The average molecular weight is 205 g/mol. The van der Waals surface area contributed by atoms with Crippen LogP contribution in [0.15, 0.2) is 0 Å². The Morgan fingerprint density at radius 1 is 1.58 bits per heavy atom. The molecular formula is C8H15NOS2. The molecule has 1 amide bonds. The molecule has 0 atom stereocenters. The van der Waals surface area contributed by atoms with E-state index in [1.165, 1.54) is 0 Å². The molecule has 1 aliphatic rings. The second-order valence-corrected chi connectivity index (χ2v) is 6.67. The monoisotopic (exact) mass is 205 g/mol. The summed E-state index contributed by atoms with van der Waals surface area (Å²) in [6, 6.07) is 0. The molecule has 70 valence electrons. The van der Waals surface area contributed by atoms with Crippen LogP contribution in [0.1, 0.15) is 27.7 Å². The van der Waals surface area contributed by atoms with Crippen molar-refractivity contribution >= 4 is 29.6 Å². The van der Waals surface area contributed by atoms with Gasteiger partial charge in [-0.2, -0.15) is 0 Å². The van der Waals surface area contributed by atoms with Gasteiger partial charge in [-0.3, -0.25) is 9.10 Å². The second kappa shape index (κ2) is 3.50. The minimum Gasteiger partial charge on any atom is -0.273 e. The first-order valence-corrected chi connectivity index (χ1v) is 5.89. The molecule has 1 rings (SSSR count). The van der Waals surface area contributed by atoms with Crippen molar-refractivity contribution in [3.8, 4) is 0 Å². The fraction of sp³-hybridized carbons (Fsp3) is 0.875. The highest BCUT2D eigenvalue weighted by atomic mass is 32.2. The van der Waals surface area contributed by atoms with Crippen molar-refractivity contribution in [2.75, 3.05) is 5.75 Å². The molecule has 0 spiro atoms. The Hall–Kier alpha value is 0.170. The van der Waals surface area contributed by atoms with Crippen LogP contribution >= 0.6 is 23.7 Å². The van der Waals surface area contributed by atoms with Gasteiger partial charge in [0.1, 0.15) is 0 Å². The Kier molecular flexibility index (Phi) is 2.99. The zero-order valence-electron chi connectivity index (χ0n) is 7.96. The molecule has 0 aromatic heterocycles. The molecule has 0 aliphatic carbocycles. The van der Waals surface area contributed by atoms with Crippen molar-refractivity contribution in [2.45, 2.75) is 37.8 Å². The normalized spacial score (nSPS) is 22.4. The molecule has 0 unspecified atom stereocenters. The topological polar surface area (TPSA) is 20.3 Å². The summed E-state index contributed by atoms with van der Waals surface area (Å²) in [5.41, 5.74) is 0. The average Bonchev–Trinajstić information content (AvgIpc) is 2.15. The number of amides is 1. The van der Waals surface area contributed by atoms with E-state index in [1.807, 2.05) is 4.31 Å². The highest BCUT2D eigenvalue weighted by molar-refractivity contribution is 8.04. The van der Waals surface area contributed by atoms with E-state index in [2.05, 4.69) is 27.7 Å². The number of hydrogen-bond donors (Lipinski definition) is 0. The molecular weight excluding hydrogens is 190 g/mol. The minimum absolute atomic E-state index is 0.0218. The van der Waals surface area contributed by atoms with E-state index < -0.39 is 0 Å². The standard InChI is InChI=1S/C8H15NOS2/c1-6(2)12-9-7(10)5-11-8(9,3)4/h6H,5H2,1-4H3. The Balaban J connectivity index is 2.65. The number of hydrogen-bond acceptors (Lipinski definition) is 3. The van der Waals surface area contributed by atoms with Crippen molar-refractivity contribution in [3.63, 3.8) is 0 Å². The van der Waals surface area contributed by atoms with E-state index in [4.69, 9.17) is 0 Å². The van der Waals surface area contributed by atoms with Crippen molar-refractivity contribution in [1.29, 1.82) is 0 Å². The fourth-order valence-corrected chi connectivity index (χ4v) is 3.10. The highest BCUT2D eigenvalue weighted by Gasteiger charge is 2.39. The van der Waals surface area contributed by atoms with Crippen LogP contribution in [0.5, 0.6) is 0 Å². The molecule has 0 radical (unpaired) electrons. The highest BCUT2D eigenvalue weighted by Crippen LogP contribution is 2.41. The molecule has 1 heterocycles. The number of carbonyl (C=O) groups excluding carboxylic acids is 1. The Bertz CT molecular complexity index is 191. The molecule has 1 aliphatic heterocycles. The van der Waals surface area contributed by atoms with Crippen LogP contribution in [0, 0.1) is 0 Å². The molecule has 4 heteroatoms. The lowest BCUT2D eigenvalue weighted by Gasteiger charge is -2.30. The van der Waals surface area contributed by atoms with Gasteiger partial charge in [0.05, 0.1) is 10.6 Å². The predicted molar refractivity (Wildman–Crippen MR) is 56.1 cm³/mol. The van der Waals surface area contributed by atoms with E-state index in [0.29, 0.717) is 11.0 Å². The molecule has 0 aromatic rings. The molecule has 2 nitrogen and oxygen atoms in total. The van der Waals surface area contributed by atoms with Gasteiger partial charge in [-0.15, -0.1) is 11.8 Å². The molecule has 0 N–H and O–H groups in total. The quantitative estimate of drug-likeness (QED) is 0.645. The van der Waals surface area contributed by atoms with Crippen LogP contribution < -0.4 is 0 Å². The zero-order valence-corrected chi connectivity index (χ0v) is 9.59. The lowest BCUT2D eigenvalue weighted by molar-refractivity contribution is -0.123. The third-order valence-electron chi connectivity index (χ3n) is 1.58. The SMILES string of the molecule is CC(C)SN1C(=O)CSC1(C)C. The van der Waals surface area contributed by atoms with Gasteiger partial charge in [0.25, 0.3) is 0 Å². The summed E-state index contributed by atoms with van der Waals surface area (Å²) in [6.07, 6.45) is 0. The lowest BCUT2D eigenvalue weighted by atomic mass is 10.4. The van der Waals surface area contributed by atoms with Gasteiger partial charge in [-0.1, -0.05) is 13.8 Å². The smallest absolute Gasteiger partial charge is 0.243 e. The van der Waals surface area contributed by atoms with Gasteiger partial charge < -0.3 is 0 Å². The van der Waals surface area contributed by atoms with Gasteiger partial charge in [-0.05, 0) is 25.8 Å². The van der Waals surface area contributed by atoms with Gasteiger partial charge in [0.2, 0.25) is 5.91 Å². The summed E-state index contributed by atoms with van der Waals surface area (Å²) in [4.78, 5) is 11.4. The molecule has 1 saturated heterocycles. The Morgan fingerprint density at radius 2 is 2.17 bits per heavy atom. The summed E-state index contributed by atoms with van der Waals surface area (Å²) in [6.45, 7) is 8.41. The largest absolute Gasteiger partial charge is 0.273 e. The van der Waals surface area contributed by atoms with E-state index in [1.54, 1.807) is 23.7 Å². The van der Waals surface area contributed by atoms with E-state index in [0.717, 1.165) is 0 Å². The van der Waals surface area contributed by atoms with Gasteiger partial charge in [0.15, 0.2) is 0 Å². The lowest BCUT2D eigenvalue weighted by Crippen LogP contribution is -2.34. The van der Waals surface area contributed by atoms with E-state index in [9.17, 15) is 4.79 Å². The maximum Gasteiger partial charge on any atom is 0.243 e. The van der Waals surface area contributed by atoms with Gasteiger partial charge in [0, 0.05) is 5.25 Å². The number of carbonyl (C=O) groups is 1. The van der Waals surface area contributed by atoms with E-state index in [-0.39, 0.29) is 10.8 Å². The maximum atomic E-state index is 11.4.